The molecule has 0 fully saturated rings. The van der Waals surface area contributed by atoms with Gasteiger partial charge in [-0.25, -0.2) is 4.39 Å². The third kappa shape index (κ3) is 3.81. The Morgan fingerprint density at radius 1 is 1.10 bits per heavy atom. The maximum Gasteiger partial charge on any atom is 0.146 e. The summed E-state index contributed by atoms with van der Waals surface area (Å²) in [5.74, 6) is -0.321. The molecule has 0 aliphatic rings. The fourth-order valence-electron chi connectivity index (χ4n) is 2.25. The molecule has 3 heteroatoms. The van der Waals surface area contributed by atoms with Crippen molar-refractivity contribution in [2.45, 2.75) is 25.8 Å². The highest BCUT2D eigenvalue weighted by molar-refractivity contribution is 6.30. The maximum absolute atomic E-state index is 14.2. The fourth-order valence-corrected chi connectivity index (χ4v) is 2.43. The highest BCUT2D eigenvalue weighted by Crippen LogP contribution is 2.26. The monoisotopic (exact) mass is 291 g/mol. The lowest BCUT2D eigenvalue weighted by molar-refractivity contribution is 0.497. The summed E-state index contributed by atoms with van der Waals surface area (Å²) >= 11 is 5.89. The molecule has 0 saturated heterocycles. The summed E-state index contributed by atoms with van der Waals surface area (Å²) in [6.45, 7) is 2.95. The minimum absolute atomic E-state index is 0.0592. The Bertz CT molecular complexity index is 542. The predicted octanol–water partition coefficient (Wildman–Crippen LogP) is 4.76. The van der Waals surface area contributed by atoms with Crippen LogP contribution in [0.4, 0.5) is 4.39 Å². The van der Waals surface area contributed by atoms with E-state index >= 15 is 0 Å². The standard InChI is InChI=1S/C17H19ClFN/c1-2-11-20-16(12-13-7-4-3-5-8-13)14-9-6-10-15(18)17(14)19/h3-10,16,20H,2,11-12H2,1H3. The van der Waals surface area contributed by atoms with Gasteiger partial charge in [-0.2, -0.15) is 0 Å². The Hall–Kier alpha value is -1.38. The molecule has 0 bridgehead atoms. The molecule has 0 amide bonds. The second kappa shape index (κ2) is 7.41. The minimum Gasteiger partial charge on any atom is -0.310 e. The van der Waals surface area contributed by atoms with Crippen molar-refractivity contribution in [2.75, 3.05) is 6.54 Å². The summed E-state index contributed by atoms with van der Waals surface area (Å²) in [4.78, 5) is 0. The molecule has 0 spiro atoms. The first-order chi connectivity index (χ1) is 9.72. The van der Waals surface area contributed by atoms with Crippen molar-refractivity contribution in [3.8, 4) is 0 Å². The second-order valence-electron chi connectivity index (χ2n) is 4.84. The van der Waals surface area contributed by atoms with Crippen molar-refractivity contribution < 1.29 is 4.39 Å². The zero-order valence-electron chi connectivity index (χ0n) is 11.6. The number of hydrogen-bond donors (Lipinski definition) is 1. The molecule has 1 nitrogen and oxygen atoms in total. The van der Waals surface area contributed by atoms with Crippen molar-refractivity contribution in [2.24, 2.45) is 0 Å². The largest absolute Gasteiger partial charge is 0.310 e. The normalized spacial score (nSPS) is 12.3. The van der Waals surface area contributed by atoms with Gasteiger partial charge in [0, 0.05) is 11.6 Å². The van der Waals surface area contributed by atoms with Crippen LogP contribution in [0.3, 0.4) is 0 Å². The first-order valence-electron chi connectivity index (χ1n) is 6.93. The summed E-state index contributed by atoms with van der Waals surface area (Å²) in [5.41, 5.74) is 1.82. The van der Waals surface area contributed by atoms with Crippen molar-refractivity contribution in [3.05, 3.63) is 70.5 Å². The molecule has 106 valence electrons. The lowest BCUT2D eigenvalue weighted by Crippen LogP contribution is -2.25. The highest BCUT2D eigenvalue weighted by atomic mass is 35.5. The van der Waals surface area contributed by atoms with Crippen LogP contribution in [0.15, 0.2) is 48.5 Å². The average molecular weight is 292 g/mol. The molecule has 0 heterocycles. The van der Waals surface area contributed by atoms with Crippen molar-refractivity contribution in [1.82, 2.24) is 5.32 Å². The van der Waals surface area contributed by atoms with E-state index in [1.165, 1.54) is 5.56 Å². The molecular formula is C17H19ClFN. The second-order valence-corrected chi connectivity index (χ2v) is 5.25. The van der Waals surface area contributed by atoms with Crippen LogP contribution in [-0.2, 0) is 6.42 Å². The van der Waals surface area contributed by atoms with Crippen LogP contribution in [0, 0.1) is 5.82 Å². The molecule has 2 aromatic carbocycles. The van der Waals surface area contributed by atoms with E-state index < -0.39 is 0 Å². The Morgan fingerprint density at radius 3 is 2.55 bits per heavy atom. The molecule has 1 atom stereocenters. The zero-order chi connectivity index (χ0) is 14.4. The Labute approximate surface area is 124 Å². The van der Waals surface area contributed by atoms with Crippen molar-refractivity contribution in [3.63, 3.8) is 0 Å². The lowest BCUT2D eigenvalue weighted by Gasteiger charge is -2.20. The third-order valence-electron chi connectivity index (χ3n) is 3.28. The third-order valence-corrected chi connectivity index (χ3v) is 3.57. The van der Waals surface area contributed by atoms with Gasteiger partial charge in [0.15, 0.2) is 0 Å². The summed E-state index contributed by atoms with van der Waals surface area (Å²) in [5, 5.41) is 3.58. The number of benzene rings is 2. The Kier molecular flexibility index (Phi) is 5.57. The van der Waals surface area contributed by atoms with E-state index in [1.807, 2.05) is 18.2 Å². The number of hydrogen-bond acceptors (Lipinski definition) is 1. The van der Waals surface area contributed by atoms with E-state index in [4.69, 9.17) is 11.6 Å². The van der Waals surface area contributed by atoms with Crippen LogP contribution in [0.2, 0.25) is 5.02 Å². The van der Waals surface area contributed by atoms with Gasteiger partial charge in [-0.3, -0.25) is 0 Å². The first kappa shape index (κ1) is 15.0. The average Bonchev–Trinajstić information content (AvgIpc) is 2.48. The lowest BCUT2D eigenvalue weighted by atomic mass is 9.98. The Balaban J connectivity index is 2.25. The van der Waals surface area contributed by atoms with E-state index in [0.29, 0.717) is 5.56 Å². The predicted molar refractivity (Wildman–Crippen MR) is 82.6 cm³/mol. The zero-order valence-corrected chi connectivity index (χ0v) is 12.3. The molecule has 0 aliphatic heterocycles. The van der Waals surface area contributed by atoms with Gasteiger partial charge in [0.1, 0.15) is 5.82 Å². The Morgan fingerprint density at radius 2 is 1.85 bits per heavy atom. The molecule has 0 radical (unpaired) electrons. The summed E-state index contributed by atoms with van der Waals surface area (Å²) in [7, 11) is 0. The van der Waals surface area contributed by atoms with E-state index in [1.54, 1.807) is 18.2 Å². The first-order valence-corrected chi connectivity index (χ1v) is 7.31. The topological polar surface area (TPSA) is 12.0 Å². The SMILES string of the molecule is CCCNC(Cc1ccccc1)c1cccc(Cl)c1F. The molecule has 2 aromatic rings. The highest BCUT2D eigenvalue weighted by Gasteiger charge is 2.17. The molecule has 0 aliphatic carbocycles. The van der Waals surface area contributed by atoms with E-state index in [9.17, 15) is 4.39 Å². The van der Waals surface area contributed by atoms with Crippen LogP contribution >= 0.6 is 11.6 Å². The van der Waals surface area contributed by atoms with Gasteiger partial charge in [0.2, 0.25) is 0 Å². The quantitative estimate of drug-likeness (QED) is 0.809. The number of halogens is 2. The van der Waals surface area contributed by atoms with Gasteiger partial charge in [0.25, 0.3) is 0 Å². The summed E-state index contributed by atoms with van der Waals surface area (Å²) in [6, 6.07) is 15.2. The summed E-state index contributed by atoms with van der Waals surface area (Å²) in [6.07, 6.45) is 1.76. The molecule has 0 saturated carbocycles. The van der Waals surface area contributed by atoms with Gasteiger partial charge in [-0.05, 0) is 31.0 Å². The van der Waals surface area contributed by atoms with E-state index in [2.05, 4.69) is 24.4 Å². The number of rotatable bonds is 6. The maximum atomic E-state index is 14.2. The van der Waals surface area contributed by atoms with Crippen LogP contribution in [0.1, 0.15) is 30.5 Å². The van der Waals surface area contributed by atoms with Crippen molar-refractivity contribution in [1.29, 1.82) is 0 Å². The smallest absolute Gasteiger partial charge is 0.146 e. The van der Waals surface area contributed by atoms with E-state index in [-0.39, 0.29) is 16.9 Å². The summed E-state index contributed by atoms with van der Waals surface area (Å²) < 4.78 is 14.2. The van der Waals surface area contributed by atoms with Crippen LogP contribution in [0.25, 0.3) is 0 Å². The van der Waals surface area contributed by atoms with Gasteiger partial charge in [-0.1, -0.05) is 61.0 Å². The molecular weight excluding hydrogens is 273 g/mol. The fraction of sp³-hybridized carbons (Fsp3) is 0.294. The molecule has 20 heavy (non-hydrogen) atoms. The van der Waals surface area contributed by atoms with Gasteiger partial charge >= 0.3 is 0 Å². The van der Waals surface area contributed by atoms with Crippen LogP contribution in [-0.4, -0.2) is 6.54 Å². The minimum atomic E-state index is -0.321. The van der Waals surface area contributed by atoms with Gasteiger partial charge in [0.05, 0.1) is 5.02 Å². The molecule has 0 aromatic heterocycles. The van der Waals surface area contributed by atoms with Crippen LogP contribution < -0.4 is 5.32 Å². The molecule has 1 N–H and O–H groups in total. The molecule has 2 rings (SSSR count). The number of nitrogens with one attached hydrogen (secondary N) is 1. The van der Waals surface area contributed by atoms with Crippen LogP contribution in [0.5, 0.6) is 0 Å². The van der Waals surface area contributed by atoms with Gasteiger partial charge in [-0.15, -0.1) is 0 Å². The molecule has 1 unspecified atom stereocenters. The van der Waals surface area contributed by atoms with E-state index in [0.717, 1.165) is 19.4 Å². The van der Waals surface area contributed by atoms with Crippen molar-refractivity contribution >= 4 is 11.6 Å². The van der Waals surface area contributed by atoms with Gasteiger partial charge < -0.3 is 5.32 Å².